The van der Waals surface area contributed by atoms with Gasteiger partial charge in [0.1, 0.15) is 5.52 Å². The Bertz CT molecular complexity index is 1550. The van der Waals surface area contributed by atoms with Gasteiger partial charge < -0.3 is 19.5 Å². The van der Waals surface area contributed by atoms with Gasteiger partial charge in [-0.2, -0.15) is 28.1 Å². The molecule has 0 unspecified atom stereocenters. The van der Waals surface area contributed by atoms with Crippen molar-refractivity contribution in [3.8, 4) is 0 Å². The SMILES string of the molecule is CC1CCC(Cn2c(N3CCOC[C@H]3c3ccccc3)nc3nc(S(=O)(=O)CC(F)(F)F)nc(N[C@H](C)C4CCC4)c32)CC1. The van der Waals surface area contributed by atoms with E-state index in [1.54, 1.807) is 0 Å². The van der Waals surface area contributed by atoms with E-state index in [1.807, 2.05) is 37.3 Å². The number of anilines is 2. The standard InChI is InChI=1S/C31H41F3N6O3S/c1-20-11-13-22(14-12-20)17-40-26-27(35-21(2)23-9-6-10-23)36-29(44(41,42)19-31(32,33)34)37-28(26)38-30(40)39-15-16-43-18-25(39)24-7-4-3-5-8-24/h3-5,7-8,20-23,25H,6,9-19H2,1-2H3,(H,35,36,37)/t20?,21-,22?,25+/m1/s1. The van der Waals surface area contributed by atoms with Gasteiger partial charge in [0.2, 0.25) is 15.8 Å². The molecule has 1 N–H and O–H groups in total. The Labute approximate surface area is 256 Å². The number of nitrogens with zero attached hydrogens (tertiary/aromatic N) is 5. The summed E-state index contributed by atoms with van der Waals surface area (Å²) in [6.07, 6.45) is 2.58. The smallest absolute Gasteiger partial charge is 0.377 e. The summed E-state index contributed by atoms with van der Waals surface area (Å²) < 4.78 is 73.9. The first kappa shape index (κ1) is 31.1. The van der Waals surface area contributed by atoms with Crippen LogP contribution in [0.15, 0.2) is 35.5 Å². The second-order valence-corrected chi connectivity index (χ2v) is 14.8. The van der Waals surface area contributed by atoms with Gasteiger partial charge in [-0.15, -0.1) is 0 Å². The van der Waals surface area contributed by atoms with E-state index in [-0.39, 0.29) is 23.5 Å². The van der Waals surface area contributed by atoms with E-state index in [4.69, 9.17) is 9.72 Å². The third-order valence-corrected chi connectivity index (χ3v) is 11.0. The lowest BCUT2D eigenvalue weighted by Gasteiger charge is -2.37. The first-order valence-corrected chi connectivity index (χ1v) is 17.4. The van der Waals surface area contributed by atoms with Gasteiger partial charge in [0.15, 0.2) is 17.2 Å². The first-order chi connectivity index (χ1) is 21.0. The Hall–Kier alpha value is -2.93. The van der Waals surface area contributed by atoms with Crippen LogP contribution in [0.25, 0.3) is 11.2 Å². The molecule has 0 bridgehead atoms. The molecule has 0 spiro atoms. The number of halogens is 3. The number of imidazole rings is 1. The summed E-state index contributed by atoms with van der Waals surface area (Å²) in [4.78, 5) is 15.6. The van der Waals surface area contributed by atoms with E-state index in [1.165, 1.54) is 0 Å². The van der Waals surface area contributed by atoms with Gasteiger partial charge in [-0.1, -0.05) is 56.5 Å². The highest BCUT2D eigenvalue weighted by Gasteiger charge is 2.39. The maximum atomic E-state index is 13.3. The number of hydrogen-bond donors (Lipinski definition) is 1. The van der Waals surface area contributed by atoms with Gasteiger partial charge in [0, 0.05) is 19.1 Å². The number of fused-ring (bicyclic) bond motifs is 1. The van der Waals surface area contributed by atoms with Crippen LogP contribution >= 0.6 is 0 Å². The third kappa shape index (κ3) is 6.68. The number of aromatic nitrogens is 4. The summed E-state index contributed by atoms with van der Waals surface area (Å²) in [6, 6.07) is 9.77. The second kappa shape index (κ2) is 12.5. The number of nitrogens with one attached hydrogen (secondary N) is 1. The van der Waals surface area contributed by atoms with Gasteiger partial charge in [-0.3, -0.25) is 0 Å². The fourth-order valence-electron chi connectivity index (χ4n) is 6.75. The molecule has 2 atom stereocenters. The molecular weight excluding hydrogens is 593 g/mol. The summed E-state index contributed by atoms with van der Waals surface area (Å²) in [5.74, 6) is 0.197. The zero-order valence-electron chi connectivity index (χ0n) is 25.3. The van der Waals surface area contributed by atoms with Crippen LogP contribution in [0.3, 0.4) is 0 Å². The van der Waals surface area contributed by atoms with E-state index < -0.39 is 26.9 Å². The zero-order chi connectivity index (χ0) is 31.1. The highest BCUT2D eigenvalue weighted by atomic mass is 32.2. The lowest BCUT2D eigenvalue weighted by Crippen LogP contribution is -2.41. The highest BCUT2D eigenvalue weighted by molar-refractivity contribution is 7.91. The Morgan fingerprint density at radius 1 is 1.05 bits per heavy atom. The highest BCUT2D eigenvalue weighted by Crippen LogP contribution is 2.38. The van der Waals surface area contributed by atoms with E-state index in [9.17, 15) is 21.6 Å². The lowest BCUT2D eigenvalue weighted by molar-refractivity contribution is -0.106. The molecule has 0 amide bonds. The van der Waals surface area contributed by atoms with Crippen molar-refractivity contribution >= 4 is 32.8 Å². The van der Waals surface area contributed by atoms with Crippen LogP contribution in [0.4, 0.5) is 24.9 Å². The third-order valence-electron chi connectivity index (χ3n) is 9.56. The van der Waals surface area contributed by atoms with Crippen molar-refractivity contribution < 1.29 is 26.3 Å². The molecule has 6 rings (SSSR count). The lowest BCUT2D eigenvalue weighted by atomic mass is 9.80. The molecule has 3 fully saturated rings. The number of ether oxygens (including phenoxy) is 1. The second-order valence-electron chi connectivity index (χ2n) is 12.9. The first-order valence-electron chi connectivity index (χ1n) is 15.7. The molecule has 3 aliphatic rings. The van der Waals surface area contributed by atoms with Crippen LogP contribution in [0.2, 0.25) is 0 Å². The molecule has 1 aromatic carbocycles. The van der Waals surface area contributed by atoms with E-state index in [0.717, 1.165) is 50.5 Å². The fourth-order valence-corrected chi connectivity index (χ4v) is 7.77. The molecule has 240 valence electrons. The van der Waals surface area contributed by atoms with Gasteiger partial charge in [-0.25, -0.2) is 8.42 Å². The average molecular weight is 635 g/mol. The molecule has 0 radical (unpaired) electrons. The quantitative estimate of drug-likeness (QED) is 0.279. The Kier molecular flexibility index (Phi) is 8.80. The van der Waals surface area contributed by atoms with Gasteiger partial charge in [0.25, 0.3) is 5.16 Å². The summed E-state index contributed by atoms with van der Waals surface area (Å²) in [7, 11) is -4.87. The van der Waals surface area contributed by atoms with Crippen molar-refractivity contribution in [2.24, 2.45) is 17.8 Å². The summed E-state index contributed by atoms with van der Waals surface area (Å²) in [5.41, 5.74) is 1.67. The largest absolute Gasteiger partial charge is 0.403 e. The van der Waals surface area contributed by atoms with Crippen molar-refractivity contribution in [3.05, 3.63) is 35.9 Å². The Morgan fingerprint density at radius 3 is 2.43 bits per heavy atom. The van der Waals surface area contributed by atoms with Crippen LogP contribution in [0.1, 0.15) is 70.4 Å². The summed E-state index contributed by atoms with van der Waals surface area (Å²) in [5, 5.41) is 2.55. The number of alkyl halides is 3. The molecule has 2 saturated carbocycles. The number of morpholine rings is 1. The Balaban J connectivity index is 1.51. The normalized spacial score (nSPS) is 24.3. The van der Waals surface area contributed by atoms with Crippen LogP contribution in [-0.2, 0) is 21.1 Å². The number of hydrogen-bond acceptors (Lipinski definition) is 8. The van der Waals surface area contributed by atoms with Crippen LogP contribution in [0, 0.1) is 17.8 Å². The van der Waals surface area contributed by atoms with Crippen molar-refractivity contribution in [1.29, 1.82) is 0 Å². The van der Waals surface area contributed by atoms with Crippen molar-refractivity contribution in [2.45, 2.75) is 88.8 Å². The molecule has 1 aliphatic heterocycles. The predicted octanol–water partition coefficient (Wildman–Crippen LogP) is 6.17. The molecule has 3 aromatic rings. The zero-order valence-corrected chi connectivity index (χ0v) is 26.1. The van der Waals surface area contributed by atoms with Crippen LogP contribution < -0.4 is 10.2 Å². The fraction of sp³-hybridized carbons (Fsp3) is 0.645. The minimum Gasteiger partial charge on any atom is -0.377 e. The van der Waals surface area contributed by atoms with Crippen molar-refractivity contribution in [1.82, 2.24) is 19.5 Å². The Morgan fingerprint density at radius 2 is 1.77 bits per heavy atom. The van der Waals surface area contributed by atoms with Crippen molar-refractivity contribution in [2.75, 3.05) is 35.7 Å². The van der Waals surface area contributed by atoms with E-state index in [0.29, 0.717) is 55.5 Å². The van der Waals surface area contributed by atoms with Gasteiger partial charge in [0.05, 0.1) is 19.3 Å². The van der Waals surface area contributed by atoms with Crippen LogP contribution in [0.5, 0.6) is 0 Å². The average Bonchev–Trinajstić information content (AvgIpc) is 3.31. The molecule has 2 aromatic heterocycles. The number of benzene rings is 1. The summed E-state index contributed by atoms with van der Waals surface area (Å²) in [6.45, 7) is 6.37. The minimum absolute atomic E-state index is 0.0530. The molecule has 2 aliphatic carbocycles. The minimum atomic E-state index is -4.93. The molecular formula is C31H41F3N6O3S. The van der Waals surface area contributed by atoms with Crippen LogP contribution in [-0.4, -0.2) is 65.7 Å². The molecule has 13 heteroatoms. The summed E-state index contributed by atoms with van der Waals surface area (Å²) >= 11 is 0. The predicted molar refractivity (Wildman–Crippen MR) is 162 cm³/mol. The van der Waals surface area contributed by atoms with Gasteiger partial charge in [-0.05, 0) is 55.9 Å². The topological polar surface area (TPSA) is 102 Å². The maximum absolute atomic E-state index is 13.3. The molecule has 9 nitrogen and oxygen atoms in total. The monoisotopic (exact) mass is 634 g/mol. The number of sulfone groups is 1. The maximum Gasteiger partial charge on any atom is 0.403 e. The molecule has 1 saturated heterocycles. The molecule has 44 heavy (non-hydrogen) atoms. The van der Waals surface area contributed by atoms with E-state index >= 15 is 0 Å². The molecule has 3 heterocycles. The van der Waals surface area contributed by atoms with E-state index in [2.05, 4.69) is 31.7 Å². The number of rotatable bonds is 9. The van der Waals surface area contributed by atoms with Crippen molar-refractivity contribution in [3.63, 3.8) is 0 Å². The van der Waals surface area contributed by atoms with Gasteiger partial charge >= 0.3 is 6.18 Å².